The van der Waals surface area contributed by atoms with Crippen molar-refractivity contribution in [3.8, 4) is 0 Å². The molecule has 7 nitrogen and oxygen atoms in total. The van der Waals surface area contributed by atoms with Gasteiger partial charge < -0.3 is 15.3 Å². The molecule has 0 aliphatic heterocycles. The van der Waals surface area contributed by atoms with Crippen LogP contribution in [0.5, 0.6) is 0 Å². The van der Waals surface area contributed by atoms with Crippen LogP contribution in [0.15, 0.2) is 12.2 Å². The van der Waals surface area contributed by atoms with Gasteiger partial charge in [0.1, 0.15) is 0 Å². The summed E-state index contributed by atoms with van der Waals surface area (Å²) < 4.78 is -0.404. The first kappa shape index (κ1) is 39.1. The molecule has 0 amide bonds. The summed E-state index contributed by atoms with van der Waals surface area (Å²) in [7, 11) is 0. The van der Waals surface area contributed by atoms with E-state index < -0.39 is 40.5 Å². The Balaban J connectivity index is 4.42. The molecule has 0 spiro atoms. The Morgan fingerprint density at radius 3 is 1.07 bits per heavy atom. The Kier molecular flexibility index (Phi) is 23.5. The number of hydrogen-bond acceptors (Lipinski definition) is 3. The number of quaternary nitrogens is 1. The Bertz CT molecular complexity index is 667. The van der Waals surface area contributed by atoms with Gasteiger partial charge in [-0.3, -0.25) is 4.48 Å². The van der Waals surface area contributed by atoms with Crippen LogP contribution in [0.2, 0.25) is 0 Å². The fraction of sp³-hybridized carbons (Fsp3) is 0.853. The first-order valence-electron chi connectivity index (χ1n) is 16.9. The molecule has 0 fully saturated rings. The smallest absolute Gasteiger partial charge is 0.362 e. The number of allylic oxidation sites excluding steroid dienone is 2. The molecule has 3 atom stereocenters. The maximum absolute atomic E-state index is 12.3. The van der Waals surface area contributed by atoms with Crippen molar-refractivity contribution in [2.24, 2.45) is 0 Å². The summed E-state index contributed by atoms with van der Waals surface area (Å²) in [5.74, 6) is -3.34. The zero-order valence-electron chi connectivity index (χ0n) is 27.0. The molecule has 240 valence electrons. The fourth-order valence-electron chi connectivity index (χ4n) is 6.62. The van der Waals surface area contributed by atoms with E-state index in [9.17, 15) is 29.7 Å². The molecular weight excluding hydrogens is 518 g/mol. The number of carbonyl (C=O) groups is 3. The normalized spacial score (nSPS) is 15.4. The zero-order valence-corrected chi connectivity index (χ0v) is 27.0. The van der Waals surface area contributed by atoms with Crippen molar-refractivity contribution in [1.82, 2.24) is 0 Å². The summed E-state index contributed by atoms with van der Waals surface area (Å²) in [4.78, 5) is 36.8. The van der Waals surface area contributed by atoms with E-state index in [4.69, 9.17) is 0 Å². The highest BCUT2D eigenvalue weighted by Crippen LogP contribution is 2.32. The van der Waals surface area contributed by atoms with Gasteiger partial charge >= 0.3 is 17.9 Å². The number of nitrogens with zero attached hydrogens (tertiary/aromatic N) is 1. The minimum Gasteiger partial charge on any atom is -0.477 e. The SMILES string of the molecule is CCCCC/C=C/CCCCCCCCCCCCCCC[N+](C(CC)C(=O)O)(C(CC)C(=O)O)C(CC)C(=O)O. The van der Waals surface area contributed by atoms with Crippen LogP contribution in [0.3, 0.4) is 0 Å². The van der Waals surface area contributed by atoms with Gasteiger partial charge in [0, 0.05) is 19.3 Å². The van der Waals surface area contributed by atoms with Gasteiger partial charge in [0.05, 0.1) is 6.54 Å². The minimum atomic E-state index is -1.11. The molecule has 0 rings (SSSR count). The van der Waals surface area contributed by atoms with Gasteiger partial charge in [-0.1, -0.05) is 117 Å². The Labute approximate surface area is 251 Å². The molecule has 7 heteroatoms. The first-order valence-corrected chi connectivity index (χ1v) is 16.9. The van der Waals surface area contributed by atoms with Gasteiger partial charge in [0.15, 0.2) is 18.1 Å². The standard InChI is InChI=1S/C34H63NO6/c1-5-9-10-11-12-13-14-15-16-17-18-19-20-21-22-23-24-25-26-27-28-35(29(6-2)32(36)37,30(7-3)33(38)39)31(8-4)34(40)41/h12-13,29-31H,5-11,14-28H2,1-4H3,(H2-,36,37,38,39,40,41)/p+1/b13-12+. The van der Waals surface area contributed by atoms with Crippen molar-refractivity contribution in [3.05, 3.63) is 12.2 Å². The molecule has 0 saturated carbocycles. The van der Waals surface area contributed by atoms with Crippen molar-refractivity contribution in [2.75, 3.05) is 6.54 Å². The van der Waals surface area contributed by atoms with Crippen molar-refractivity contribution < 1.29 is 34.2 Å². The minimum absolute atomic E-state index is 0.194. The van der Waals surface area contributed by atoms with Gasteiger partial charge in [0.2, 0.25) is 0 Å². The molecule has 0 saturated heterocycles. The molecule has 0 aromatic carbocycles. The van der Waals surface area contributed by atoms with Crippen molar-refractivity contribution in [2.45, 2.75) is 181 Å². The van der Waals surface area contributed by atoms with Crippen LogP contribution in [0.25, 0.3) is 0 Å². The Hall–Kier alpha value is -1.89. The molecule has 0 radical (unpaired) electrons. The van der Waals surface area contributed by atoms with E-state index in [0.717, 1.165) is 19.3 Å². The maximum Gasteiger partial charge on any atom is 0.362 e. The molecule has 0 aliphatic carbocycles. The maximum atomic E-state index is 12.3. The van der Waals surface area contributed by atoms with Crippen LogP contribution in [-0.2, 0) is 14.4 Å². The first-order chi connectivity index (χ1) is 19.7. The summed E-state index contributed by atoms with van der Waals surface area (Å²) in [6.07, 6.45) is 26.9. The van der Waals surface area contributed by atoms with Crippen LogP contribution in [0.1, 0.15) is 163 Å². The predicted octanol–water partition coefficient (Wildman–Crippen LogP) is 8.99. The quantitative estimate of drug-likeness (QED) is 0.0461. The third-order valence-corrected chi connectivity index (χ3v) is 8.81. The lowest BCUT2D eigenvalue weighted by Gasteiger charge is -2.49. The fourth-order valence-corrected chi connectivity index (χ4v) is 6.62. The summed E-state index contributed by atoms with van der Waals surface area (Å²) >= 11 is 0. The molecular formula is C34H64NO6+. The number of unbranched alkanes of at least 4 members (excludes halogenated alkanes) is 16. The third kappa shape index (κ3) is 15.2. The Morgan fingerprint density at radius 1 is 0.488 bits per heavy atom. The van der Waals surface area contributed by atoms with Crippen molar-refractivity contribution in [3.63, 3.8) is 0 Å². The third-order valence-electron chi connectivity index (χ3n) is 8.81. The average molecular weight is 583 g/mol. The van der Waals surface area contributed by atoms with Crippen LogP contribution >= 0.6 is 0 Å². The molecule has 3 unspecified atom stereocenters. The predicted molar refractivity (Wildman–Crippen MR) is 168 cm³/mol. The number of rotatable bonds is 29. The molecule has 41 heavy (non-hydrogen) atoms. The van der Waals surface area contributed by atoms with Gasteiger partial charge in [0.25, 0.3) is 0 Å². The second kappa shape index (κ2) is 24.7. The van der Waals surface area contributed by atoms with Crippen LogP contribution in [0.4, 0.5) is 0 Å². The van der Waals surface area contributed by atoms with Crippen molar-refractivity contribution >= 4 is 17.9 Å². The molecule has 3 N–H and O–H groups in total. The largest absolute Gasteiger partial charge is 0.477 e. The van der Waals surface area contributed by atoms with E-state index >= 15 is 0 Å². The molecule has 0 aromatic heterocycles. The number of aliphatic carboxylic acids is 3. The van der Waals surface area contributed by atoms with E-state index in [2.05, 4.69) is 19.1 Å². The summed E-state index contributed by atoms with van der Waals surface area (Å²) in [5.41, 5.74) is 0. The summed E-state index contributed by atoms with van der Waals surface area (Å²) in [5, 5.41) is 30.1. The van der Waals surface area contributed by atoms with E-state index in [1.54, 1.807) is 20.8 Å². The zero-order chi connectivity index (χ0) is 30.9. The lowest BCUT2D eigenvalue weighted by Crippen LogP contribution is -2.72. The van der Waals surface area contributed by atoms with E-state index in [-0.39, 0.29) is 25.8 Å². The van der Waals surface area contributed by atoms with Crippen LogP contribution < -0.4 is 0 Å². The topological polar surface area (TPSA) is 112 Å². The van der Waals surface area contributed by atoms with Crippen LogP contribution in [-0.4, -0.2) is 62.4 Å². The summed E-state index contributed by atoms with van der Waals surface area (Å²) in [6, 6.07) is -3.18. The highest BCUT2D eigenvalue weighted by Gasteiger charge is 2.55. The van der Waals surface area contributed by atoms with Crippen LogP contribution in [0, 0.1) is 0 Å². The lowest BCUT2D eigenvalue weighted by molar-refractivity contribution is -0.973. The Morgan fingerprint density at radius 2 is 0.780 bits per heavy atom. The number of carboxylic acids is 3. The van der Waals surface area contributed by atoms with Gasteiger partial charge in [-0.25, -0.2) is 14.4 Å². The monoisotopic (exact) mass is 582 g/mol. The second-order valence-electron chi connectivity index (χ2n) is 11.9. The number of carboxylic acid groups (broad SMARTS) is 3. The van der Waals surface area contributed by atoms with E-state index in [0.29, 0.717) is 6.42 Å². The van der Waals surface area contributed by atoms with E-state index in [1.807, 2.05) is 0 Å². The van der Waals surface area contributed by atoms with Crippen molar-refractivity contribution in [1.29, 1.82) is 0 Å². The van der Waals surface area contributed by atoms with Gasteiger partial charge in [-0.15, -0.1) is 0 Å². The highest BCUT2D eigenvalue weighted by atomic mass is 16.4. The number of hydrogen-bond donors (Lipinski definition) is 3. The van der Waals surface area contributed by atoms with E-state index in [1.165, 1.54) is 89.9 Å². The van der Waals surface area contributed by atoms with Gasteiger partial charge in [-0.05, 0) is 38.5 Å². The molecule has 0 bridgehead atoms. The lowest BCUT2D eigenvalue weighted by atomic mass is 9.93. The highest BCUT2D eigenvalue weighted by molar-refractivity contribution is 5.78. The molecule has 0 heterocycles. The van der Waals surface area contributed by atoms with Gasteiger partial charge in [-0.2, -0.15) is 0 Å². The average Bonchev–Trinajstić information content (AvgIpc) is 2.92. The summed E-state index contributed by atoms with van der Waals surface area (Å²) in [6.45, 7) is 7.64. The molecule has 0 aliphatic rings. The molecule has 0 aromatic rings. The second-order valence-corrected chi connectivity index (χ2v) is 11.9.